The van der Waals surface area contributed by atoms with E-state index in [9.17, 15) is 14.4 Å². The third-order valence-corrected chi connectivity index (χ3v) is 6.56. The number of ether oxygens (including phenoxy) is 1. The monoisotopic (exact) mass is 414 g/mol. The third kappa shape index (κ3) is 3.81. The van der Waals surface area contributed by atoms with Crippen LogP contribution < -0.4 is 0 Å². The molecule has 0 bridgehead atoms. The summed E-state index contributed by atoms with van der Waals surface area (Å²) in [6.07, 6.45) is 0. The number of likely N-dealkylation sites (tertiary alicyclic amines) is 2. The molecular formula is C22H30N4O4. The summed E-state index contributed by atoms with van der Waals surface area (Å²) in [7, 11) is 3.49. The quantitative estimate of drug-likeness (QED) is 0.694. The van der Waals surface area contributed by atoms with Gasteiger partial charge in [-0.2, -0.15) is 0 Å². The lowest BCUT2D eigenvalue weighted by atomic mass is 9.80. The number of carbonyl (C=O) groups excluding carboxylic acids is 3. The SMILES string of the molecule is CN(C)C(=O)[C@@]12CN(C(=O)CN3CCOCC3)C[C@@H]1CN(C(=O)c1ccccc1)C2. The molecule has 8 nitrogen and oxygen atoms in total. The maximum atomic E-state index is 13.2. The first-order valence-electron chi connectivity index (χ1n) is 10.5. The van der Waals surface area contributed by atoms with Gasteiger partial charge in [0, 0.05) is 64.8 Å². The van der Waals surface area contributed by atoms with Crippen LogP contribution in [0.1, 0.15) is 10.4 Å². The number of rotatable bonds is 4. The molecule has 0 unspecified atom stereocenters. The minimum atomic E-state index is -0.728. The molecule has 30 heavy (non-hydrogen) atoms. The summed E-state index contributed by atoms with van der Waals surface area (Å²) in [5, 5.41) is 0. The largest absolute Gasteiger partial charge is 0.379 e. The summed E-state index contributed by atoms with van der Waals surface area (Å²) in [5.74, 6) is -0.0495. The van der Waals surface area contributed by atoms with Crippen molar-refractivity contribution in [3.63, 3.8) is 0 Å². The first-order chi connectivity index (χ1) is 14.4. The van der Waals surface area contributed by atoms with Gasteiger partial charge in [0.15, 0.2) is 0 Å². The third-order valence-electron chi connectivity index (χ3n) is 6.56. The maximum Gasteiger partial charge on any atom is 0.253 e. The summed E-state index contributed by atoms with van der Waals surface area (Å²) in [4.78, 5) is 46.5. The van der Waals surface area contributed by atoms with Gasteiger partial charge in [0.25, 0.3) is 5.91 Å². The molecule has 3 aliphatic rings. The number of morpholine rings is 1. The normalized spacial score (nSPS) is 26.5. The van der Waals surface area contributed by atoms with Gasteiger partial charge in [-0.3, -0.25) is 19.3 Å². The molecule has 2 atom stereocenters. The van der Waals surface area contributed by atoms with Crippen molar-refractivity contribution in [1.29, 1.82) is 0 Å². The van der Waals surface area contributed by atoms with Gasteiger partial charge in [0.2, 0.25) is 11.8 Å². The Bertz CT molecular complexity index is 809. The van der Waals surface area contributed by atoms with Crippen LogP contribution in [0.25, 0.3) is 0 Å². The van der Waals surface area contributed by atoms with E-state index in [1.54, 1.807) is 36.0 Å². The minimum absolute atomic E-state index is 0.00228. The van der Waals surface area contributed by atoms with E-state index in [0.717, 1.165) is 13.1 Å². The molecule has 1 aromatic rings. The predicted octanol–water partition coefficient (Wildman–Crippen LogP) is 0.00760. The summed E-state index contributed by atoms with van der Waals surface area (Å²) >= 11 is 0. The molecule has 3 heterocycles. The number of benzene rings is 1. The van der Waals surface area contributed by atoms with Gasteiger partial charge in [0.05, 0.1) is 25.2 Å². The molecule has 4 rings (SSSR count). The van der Waals surface area contributed by atoms with E-state index in [-0.39, 0.29) is 23.6 Å². The molecule has 0 aromatic heterocycles. The Hall–Kier alpha value is -2.45. The summed E-state index contributed by atoms with van der Waals surface area (Å²) in [6, 6.07) is 9.17. The van der Waals surface area contributed by atoms with Crippen LogP contribution >= 0.6 is 0 Å². The molecule has 1 aromatic carbocycles. The van der Waals surface area contributed by atoms with Crippen LogP contribution in [0.4, 0.5) is 0 Å². The van der Waals surface area contributed by atoms with Crippen molar-refractivity contribution in [2.24, 2.45) is 11.3 Å². The molecule has 0 aliphatic carbocycles. The van der Waals surface area contributed by atoms with Gasteiger partial charge in [0.1, 0.15) is 0 Å². The molecule has 0 spiro atoms. The fourth-order valence-corrected chi connectivity index (χ4v) is 4.97. The molecule has 162 valence electrons. The highest BCUT2D eigenvalue weighted by Crippen LogP contribution is 2.44. The fourth-order valence-electron chi connectivity index (χ4n) is 4.97. The highest BCUT2D eigenvalue weighted by Gasteiger charge is 2.59. The van der Waals surface area contributed by atoms with Crippen molar-refractivity contribution in [1.82, 2.24) is 19.6 Å². The fraction of sp³-hybridized carbons (Fsp3) is 0.591. The first-order valence-corrected chi connectivity index (χ1v) is 10.5. The molecule has 3 saturated heterocycles. The van der Waals surface area contributed by atoms with Gasteiger partial charge in [-0.1, -0.05) is 18.2 Å². The molecule has 0 N–H and O–H groups in total. The van der Waals surface area contributed by atoms with E-state index in [2.05, 4.69) is 4.90 Å². The predicted molar refractivity (Wildman–Crippen MR) is 111 cm³/mol. The van der Waals surface area contributed by atoms with Crippen LogP contribution in [-0.4, -0.2) is 110 Å². The molecular weight excluding hydrogens is 384 g/mol. The average Bonchev–Trinajstić information content (AvgIpc) is 3.29. The van der Waals surface area contributed by atoms with E-state index in [1.165, 1.54) is 0 Å². The van der Waals surface area contributed by atoms with E-state index >= 15 is 0 Å². The number of nitrogens with zero attached hydrogens (tertiary/aromatic N) is 4. The first kappa shape index (κ1) is 20.8. The van der Waals surface area contributed by atoms with Crippen molar-refractivity contribution in [3.05, 3.63) is 35.9 Å². The zero-order valence-corrected chi connectivity index (χ0v) is 17.7. The Morgan fingerprint density at radius 3 is 2.33 bits per heavy atom. The molecule has 3 fully saturated rings. The van der Waals surface area contributed by atoms with Crippen molar-refractivity contribution < 1.29 is 19.1 Å². The number of fused-ring (bicyclic) bond motifs is 1. The summed E-state index contributed by atoms with van der Waals surface area (Å²) in [5.41, 5.74) is -0.0978. The lowest BCUT2D eigenvalue weighted by Gasteiger charge is -2.32. The highest BCUT2D eigenvalue weighted by atomic mass is 16.5. The van der Waals surface area contributed by atoms with Gasteiger partial charge in [-0.05, 0) is 12.1 Å². The molecule has 3 amide bonds. The lowest BCUT2D eigenvalue weighted by Crippen LogP contribution is -2.49. The maximum absolute atomic E-state index is 13.2. The van der Waals surface area contributed by atoms with E-state index < -0.39 is 5.41 Å². The number of hydrogen-bond donors (Lipinski definition) is 0. The molecule has 8 heteroatoms. The molecule has 0 radical (unpaired) electrons. The second kappa shape index (κ2) is 8.35. The van der Waals surface area contributed by atoms with Crippen LogP contribution in [0.15, 0.2) is 30.3 Å². The zero-order chi connectivity index (χ0) is 21.3. The van der Waals surface area contributed by atoms with Crippen LogP contribution in [-0.2, 0) is 14.3 Å². The smallest absolute Gasteiger partial charge is 0.253 e. The minimum Gasteiger partial charge on any atom is -0.379 e. The van der Waals surface area contributed by atoms with E-state index in [4.69, 9.17) is 4.74 Å². The van der Waals surface area contributed by atoms with Gasteiger partial charge in [-0.15, -0.1) is 0 Å². The lowest BCUT2D eigenvalue weighted by molar-refractivity contribution is -0.140. The van der Waals surface area contributed by atoms with Gasteiger partial charge < -0.3 is 19.4 Å². The van der Waals surface area contributed by atoms with Crippen molar-refractivity contribution in [2.45, 2.75) is 0 Å². The van der Waals surface area contributed by atoms with Crippen LogP contribution in [0.3, 0.4) is 0 Å². The van der Waals surface area contributed by atoms with Crippen LogP contribution in [0.5, 0.6) is 0 Å². The number of hydrogen-bond acceptors (Lipinski definition) is 5. The summed E-state index contributed by atoms with van der Waals surface area (Å²) < 4.78 is 5.36. The Labute approximate surface area is 177 Å². The summed E-state index contributed by atoms with van der Waals surface area (Å²) in [6.45, 7) is 4.89. The van der Waals surface area contributed by atoms with E-state index in [1.807, 2.05) is 23.1 Å². The topological polar surface area (TPSA) is 73.4 Å². The highest BCUT2D eigenvalue weighted by molar-refractivity contribution is 5.96. The second-order valence-corrected chi connectivity index (χ2v) is 8.77. The standard InChI is InChI=1S/C22H30N4O4/c1-23(2)21(29)22-15-25(19(27)14-24-8-10-30-11-9-24)12-18(22)13-26(16-22)20(28)17-6-4-3-5-7-17/h3-7,18H,8-16H2,1-2H3/t18-,22-/m1/s1. The Morgan fingerprint density at radius 1 is 1.03 bits per heavy atom. The van der Waals surface area contributed by atoms with Crippen LogP contribution in [0.2, 0.25) is 0 Å². The van der Waals surface area contributed by atoms with E-state index in [0.29, 0.717) is 51.5 Å². The second-order valence-electron chi connectivity index (χ2n) is 8.77. The van der Waals surface area contributed by atoms with Gasteiger partial charge in [-0.25, -0.2) is 0 Å². The van der Waals surface area contributed by atoms with Crippen molar-refractivity contribution in [2.75, 3.05) is 73.1 Å². The van der Waals surface area contributed by atoms with Gasteiger partial charge >= 0.3 is 0 Å². The molecule has 0 saturated carbocycles. The number of carbonyl (C=O) groups is 3. The Kier molecular flexibility index (Phi) is 5.79. The Balaban J connectivity index is 1.49. The molecule has 3 aliphatic heterocycles. The zero-order valence-electron chi connectivity index (χ0n) is 17.7. The van der Waals surface area contributed by atoms with Crippen LogP contribution in [0, 0.1) is 11.3 Å². The van der Waals surface area contributed by atoms with Crippen molar-refractivity contribution >= 4 is 17.7 Å². The van der Waals surface area contributed by atoms with Crippen molar-refractivity contribution in [3.8, 4) is 0 Å². The average molecular weight is 415 g/mol. The Morgan fingerprint density at radius 2 is 1.67 bits per heavy atom. The number of amides is 3.